The second kappa shape index (κ2) is 6.21. The number of aliphatic hydroxyl groups excluding tert-OH is 1. The van der Waals surface area contributed by atoms with Crippen LogP contribution in [0.1, 0.15) is 25.0 Å². The van der Waals surface area contributed by atoms with E-state index < -0.39 is 11.6 Å². The zero-order chi connectivity index (χ0) is 14.6. The maximum Gasteiger partial charge on any atom is 0.0954 e. The zero-order valence-corrected chi connectivity index (χ0v) is 12.4. The minimum Gasteiger partial charge on any atom is -0.390 e. The Morgan fingerprint density at radius 1 is 0.850 bits per heavy atom. The third kappa shape index (κ3) is 2.49. The molecule has 0 aliphatic carbocycles. The van der Waals surface area contributed by atoms with Crippen molar-refractivity contribution in [3.63, 3.8) is 0 Å². The third-order valence-electron chi connectivity index (χ3n) is 3.93. The SMILES string of the molecule is CNC(c1ccccc1)(c1ccccc1)C(O)C(C)C. The molecule has 0 radical (unpaired) electrons. The zero-order valence-electron chi connectivity index (χ0n) is 12.4. The van der Waals surface area contributed by atoms with Crippen LogP contribution in [0, 0.1) is 5.92 Å². The standard InChI is InChI=1S/C18H23NO/c1-14(2)17(20)18(19-3,15-10-6-4-7-11-15)16-12-8-5-9-13-16/h4-14,17,19-20H,1-3H3. The van der Waals surface area contributed by atoms with Crippen LogP contribution in [0.15, 0.2) is 60.7 Å². The van der Waals surface area contributed by atoms with Gasteiger partial charge in [0.05, 0.1) is 11.6 Å². The Labute approximate surface area is 121 Å². The minimum atomic E-state index is -0.587. The summed E-state index contributed by atoms with van der Waals surface area (Å²) >= 11 is 0. The van der Waals surface area contributed by atoms with Crippen LogP contribution in [0.4, 0.5) is 0 Å². The van der Waals surface area contributed by atoms with Crippen molar-refractivity contribution in [2.24, 2.45) is 5.92 Å². The number of hydrogen-bond acceptors (Lipinski definition) is 2. The average Bonchev–Trinajstić information content (AvgIpc) is 2.50. The Kier molecular flexibility index (Phi) is 4.58. The summed E-state index contributed by atoms with van der Waals surface area (Å²) in [5.41, 5.74) is 1.57. The van der Waals surface area contributed by atoms with Gasteiger partial charge in [0.2, 0.25) is 0 Å². The molecule has 2 aromatic carbocycles. The fourth-order valence-electron chi connectivity index (χ4n) is 2.85. The highest BCUT2D eigenvalue weighted by Gasteiger charge is 2.41. The molecular formula is C18H23NO. The largest absolute Gasteiger partial charge is 0.390 e. The molecule has 2 nitrogen and oxygen atoms in total. The minimum absolute atomic E-state index is 0.142. The fraction of sp³-hybridized carbons (Fsp3) is 0.333. The van der Waals surface area contributed by atoms with E-state index in [1.807, 2.05) is 57.3 Å². The number of hydrogen-bond donors (Lipinski definition) is 2. The molecule has 20 heavy (non-hydrogen) atoms. The van der Waals surface area contributed by atoms with Crippen molar-refractivity contribution in [3.05, 3.63) is 71.8 Å². The maximum atomic E-state index is 10.9. The van der Waals surface area contributed by atoms with Gasteiger partial charge >= 0.3 is 0 Å². The quantitative estimate of drug-likeness (QED) is 0.874. The van der Waals surface area contributed by atoms with E-state index in [4.69, 9.17) is 0 Å². The van der Waals surface area contributed by atoms with Gasteiger partial charge in [0.15, 0.2) is 0 Å². The Morgan fingerprint density at radius 2 is 1.25 bits per heavy atom. The summed E-state index contributed by atoms with van der Waals surface area (Å²) in [6.07, 6.45) is -0.516. The van der Waals surface area contributed by atoms with Crippen LogP contribution in [-0.4, -0.2) is 18.3 Å². The van der Waals surface area contributed by atoms with Crippen LogP contribution in [0.3, 0.4) is 0 Å². The summed E-state index contributed by atoms with van der Waals surface area (Å²) in [5.74, 6) is 0.142. The lowest BCUT2D eigenvalue weighted by Crippen LogP contribution is -2.53. The van der Waals surface area contributed by atoms with Crippen LogP contribution in [-0.2, 0) is 5.54 Å². The normalized spacial score (nSPS) is 13.4. The van der Waals surface area contributed by atoms with E-state index in [1.54, 1.807) is 0 Å². The lowest BCUT2D eigenvalue weighted by molar-refractivity contribution is 0.0457. The van der Waals surface area contributed by atoms with Gasteiger partial charge in [-0.1, -0.05) is 74.5 Å². The van der Waals surface area contributed by atoms with Gasteiger partial charge in [-0.05, 0) is 24.1 Å². The Hall–Kier alpha value is -1.64. The summed E-state index contributed by atoms with van der Waals surface area (Å²) < 4.78 is 0. The predicted molar refractivity (Wildman–Crippen MR) is 83.6 cm³/mol. The summed E-state index contributed by atoms with van der Waals surface area (Å²) in [4.78, 5) is 0. The molecule has 1 unspecified atom stereocenters. The Balaban J connectivity index is 2.64. The number of benzene rings is 2. The molecule has 1 atom stereocenters. The average molecular weight is 269 g/mol. The van der Waals surface area contributed by atoms with E-state index in [0.29, 0.717) is 0 Å². The summed E-state index contributed by atoms with van der Waals surface area (Å²) in [5, 5.41) is 14.3. The number of likely N-dealkylation sites (N-methyl/N-ethyl adjacent to an activating group) is 1. The van der Waals surface area contributed by atoms with Crippen molar-refractivity contribution in [3.8, 4) is 0 Å². The summed E-state index contributed by atoms with van der Waals surface area (Å²) in [6.45, 7) is 4.09. The number of nitrogens with one attached hydrogen (secondary N) is 1. The van der Waals surface area contributed by atoms with Crippen molar-refractivity contribution in [1.82, 2.24) is 5.32 Å². The summed E-state index contributed by atoms with van der Waals surface area (Å²) in [7, 11) is 1.91. The van der Waals surface area contributed by atoms with E-state index in [9.17, 15) is 5.11 Å². The molecule has 106 valence electrons. The monoisotopic (exact) mass is 269 g/mol. The molecule has 2 aromatic rings. The van der Waals surface area contributed by atoms with Gasteiger partial charge in [0.25, 0.3) is 0 Å². The molecule has 2 heteroatoms. The van der Waals surface area contributed by atoms with Gasteiger partial charge in [0.1, 0.15) is 0 Å². The van der Waals surface area contributed by atoms with E-state index in [1.165, 1.54) is 0 Å². The topological polar surface area (TPSA) is 32.3 Å². The van der Waals surface area contributed by atoms with Gasteiger partial charge in [-0.2, -0.15) is 0 Å². The van der Waals surface area contributed by atoms with Crippen molar-refractivity contribution >= 4 is 0 Å². The first-order valence-electron chi connectivity index (χ1n) is 7.11. The van der Waals surface area contributed by atoms with Crippen LogP contribution in [0.2, 0.25) is 0 Å². The molecule has 0 aliphatic rings. The second-order valence-electron chi connectivity index (χ2n) is 5.48. The fourth-order valence-corrected chi connectivity index (χ4v) is 2.85. The molecule has 0 spiro atoms. The Morgan fingerprint density at radius 3 is 1.55 bits per heavy atom. The molecule has 0 amide bonds. The molecule has 0 fully saturated rings. The van der Waals surface area contributed by atoms with E-state index in [0.717, 1.165) is 11.1 Å². The lowest BCUT2D eigenvalue weighted by atomic mass is 9.74. The van der Waals surface area contributed by atoms with Crippen molar-refractivity contribution in [2.45, 2.75) is 25.5 Å². The lowest BCUT2D eigenvalue weighted by Gasteiger charge is -2.41. The molecule has 0 bridgehead atoms. The highest BCUT2D eigenvalue weighted by atomic mass is 16.3. The van der Waals surface area contributed by atoms with Gasteiger partial charge in [-0.15, -0.1) is 0 Å². The molecule has 0 aromatic heterocycles. The van der Waals surface area contributed by atoms with E-state index >= 15 is 0 Å². The van der Waals surface area contributed by atoms with Gasteiger partial charge in [0, 0.05) is 0 Å². The van der Waals surface area contributed by atoms with Gasteiger partial charge in [-0.25, -0.2) is 0 Å². The second-order valence-corrected chi connectivity index (χ2v) is 5.48. The molecule has 0 saturated carbocycles. The smallest absolute Gasteiger partial charge is 0.0954 e. The molecule has 2 rings (SSSR count). The summed E-state index contributed by atoms with van der Waals surface area (Å²) in [6, 6.07) is 20.3. The van der Waals surface area contributed by atoms with Gasteiger partial charge in [-0.3, -0.25) is 0 Å². The van der Waals surface area contributed by atoms with Crippen molar-refractivity contribution in [1.29, 1.82) is 0 Å². The molecular weight excluding hydrogens is 246 g/mol. The molecule has 0 heterocycles. The first-order chi connectivity index (χ1) is 9.63. The maximum absolute atomic E-state index is 10.9. The highest BCUT2D eigenvalue weighted by molar-refractivity contribution is 5.40. The number of aliphatic hydroxyl groups is 1. The molecule has 2 N–H and O–H groups in total. The van der Waals surface area contributed by atoms with Crippen molar-refractivity contribution in [2.75, 3.05) is 7.05 Å². The van der Waals surface area contributed by atoms with E-state index in [2.05, 4.69) is 29.6 Å². The third-order valence-corrected chi connectivity index (χ3v) is 3.93. The molecule has 0 aliphatic heterocycles. The first-order valence-corrected chi connectivity index (χ1v) is 7.11. The van der Waals surface area contributed by atoms with Crippen LogP contribution >= 0.6 is 0 Å². The Bertz CT molecular complexity index is 482. The van der Waals surface area contributed by atoms with Crippen LogP contribution < -0.4 is 5.32 Å². The van der Waals surface area contributed by atoms with Crippen molar-refractivity contribution < 1.29 is 5.11 Å². The van der Waals surface area contributed by atoms with Gasteiger partial charge < -0.3 is 10.4 Å². The predicted octanol–water partition coefficient (Wildman–Crippen LogP) is 3.17. The van der Waals surface area contributed by atoms with Crippen LogP contribution in [0.25, 0.3) is 0 Å². The number of rotatable bonds is 5. The molecule has 0 saturated heterocycles. The van der Waals surface area contributed by atoms with E-state index in [-0.39, 0.29) is 5.92 Å². The highest BCUT2D eigenvalue weighted by Crippen LogP contribution is 2.35. The first kappa shape index (κ1) is 14.8. The van der Waals surface area contributed by atoms with Crippen LogP contribution in [0.5, 0.6) is 0 Å².